The predicted octanol–water partition coefficient (Wildman–Crippen LogP) is 4.10. The number of esters is 1. The van der Waals surface area contributed by atoms with E-state index in [9.17, 15) is 15.0 Å². The van der Waals surface area contributed by atoms with Crippen LogP contribution in [0, 0.1) is 5.92 Å². The Bertz CT molecular complexity index is 597. The van der Waals surface area contributed by atoms with Crippen molar-refractivity contribution in [2.45, 2.75) is 62.5 Å². The molecule has 1 fully saturated rings. The maximum absolute atomic E-state index is 11.1. The molecule has 4 nitrogen and oxygen atoms in total. The van der Waals surface area contributed by atoms with Crippen LogP contribution in [-0.2, 0) is 9.53 Å². The molecule has 0 aromatic heterocycles. The molecule has 2 N–H and O–H groups in total. The third-order valence-corrected chi connectivity index (χ3v) is 5.67. The van der Waals surface area contributed by atoms with Crippen molar-refractivity contribution in [3.05, 3.63) is 47.5 Å². The maximum Gasteiger partial charge on any atom is 0.305 e. The Kier molecular flexibility index (Phi) is 8.14. The van der Waals surface area contributed by atoms with Crippen LogP contribution in [0.25, 0.3) is 0 Å². The third kappa shape index (κ3) is 5.57. The molecule has 5 heteroatoms. The highest BCUT2D eigenvalue weighted by Crippen LogP contribution is 2.44. The maximum atomic E-state index is 11.1. The zero-order valence-electron chi connectivity index (χ0n) is 15.5. The van der Waals surface area contributed by atoms with Crippen LogP contribution < -0.4 is 0 Å². The number of carbonyl (C=O) groups is 1. The van der Waals surface area contributed by atoms with Crippen molar-refractivity contribution >= 4 is 17.6 Å². The van der Waals surface area contributed by atoms with Gasteiger partial charge < -0.3 is 14.9 Å². The first-order chi connectivity index (χ1) is 12.4. The predicted molar refractivity (Wildman–Crippen MR) is 103 cm³/mol. The van der Waals surface area contributed by atoms with E-state index in [-0.39, 0.29) is 23.2 Å². The van der Waals surface area contributed by atoms with Gasteiger partial charge in [-0.1, -0.05) is 36.4 Å². The minimum atomic E-state index is -0.498. The lowest BCUT2D eigenvalue weighted by atomic mass is 9.85. The van der Waals surface area contributed by atoms with Crippen LogP contribution in [0.5, 0.6) is 0 Å². The van der Waals surface area contributed by atoms with E-state index in [0.717, 1.165) is 30.4 Å². The molecule has 5 atom stereocenters. The van der Waals surface area contributed by atoms with E-state index in [1.54, 1.807) is 6.92 Å². The summed E-state index contributed by atoms with van der Waals surface area (Å²) in [6.07, 6.45) is 6.64. The molecular weight excluding hydrogens is 352 g/mol. The fraction of sp³-hybridized carbons (Fsp3) is 0.571. The van der Waals surface area contributed by atoms with Crippen LogP contribution in [-0.4, -0.2) is 34.8 Å². The smallest absolute Gasteiger partial charge is 0.305 e. The third-order valence-electron chi connectivity index (χ3n) is 5.17. The largest absolute Gasteiger partial charge is 0.469 e. The van der Waals surface area contributed by atoms with E-state index in [2.05, 4.69) is 16.9 Å². The summed E-state index contributed by atoms with van der Waals surface area (Å²) in [5.74, 6) is -0.0139. The number of halogens is 1. The standard InChI is InChI=1S/C21H29ClO4/c1-14(23)15-9-11-16(12-10-15)21-17(18(22)13-19(21)24)7-5-3-4-6-8-20(25)26-2/h3,5,9-12,14,17-19,21,23-24H,4,6-8,13H2,1-2H3/b5-3-/t14?,17-,18?,19+,21?/m0/s1. The number of carbonyl (C=O) groups excluding carboxylic acids is 1. The molecule has 1 aromatic carbocycles. The van der Waals surface area contributed by atoms with Crippen LogP contribution >= 0.6 is 11.6 Å². The number of allylic oxidation sites excluding steroid dienone is 2. The molecule has 0 aliphatic heterocycles. The first kappa shape index (κ1) is 20.9. The molecule has 0 amide bonds. The van der Waals surface area contributed by atoms with Gasteiger partial charge in [-0.15, -0.1) is 11.6 Å². The number of unbranched alkanes of at least 4 members (excludes halogenated alkanes) is 1. The number of ether oxygens (including phenoxy) is 1. The van der Waals surface area contributed by atoms with Crippen LogP contribution in [0.4, 0.5) is 0 Å². The summed E-state index contributed by atoms with van der Waals surface area (Å²) in [4.78, 5) is 11.1. The number of hydrogen-bond acceptors (Lipinski definition) is 4. The van der Waals surface area contributed by atoms with Crippen molar-refractivity contribution in [1.29, 1.82) is 0 Å². The van der Waals surface area contributed by atoms with Gasteiger partial charge in [-0.05, 0) is 49.7 Å². The van der Waals surface area contributed by atoms with Gasteiger partial charge in [-0.3, -0.25) is 4.79 Å². The fourth-order valence-electron chi connectivity index (χ4n) is 3.66. The van der Waals surface area contributed by atoms with Gasteiger partial charge in [0.15, 0.2) is 0 Å². The van der Waals surface area contributed by atoms with Gasteiger partial charge in [-0.25, -0.2) is 0 Å². The minimum Gasteiger partial charge on any atom is -0.469 e. The van der Waals surface area contributed by atoms with Crippen LogP contribution in [0.15, 0.2) is 36.4 Å². The second kappa shape index (κ2) is 10.1. The Balaban J connectivity index is 1.95. The number of alkyl halides is 1. The molecule has 2 rings (SSSR count). The highest BCUT2D eigenvalue weighted by Gasteiger charge is 2.41. The zero-order chi connectivity index (χ0) is 19.1. The number of rotatable bonds is 8. The molecule has 1 aromatic rings. The number of aliphatic hydroxyl groups excluding tert-OH is 2. The van der Waals surface area contributed by atoms with Gasteiger partial charge >= 0.3 is 5.97 Å². The summed E-state index contributed by atoms with van der Waals surface area (Å²) in [7, 11) is 1.40. The number of hydrogen-bond donors (Lipinski definition) is 2. The molecule has 1 aliphatic carbocycles. The van der Waals surface area contributed by atoms with E-state index in [4.69, 9.17) is 11.6 Å². The zero-order valence-corrected chi connectivity index (χ0v) is 16.2. The first-order valence-electron chi connectivity index (χ1n) is 9.26. The Morgan fingerprint density at radius 3 is 2.65 bits per heavy atom. The number of aliphatic hydroxyl groups is 2. The summed E-state index contributed by atoms with van der Waals surface area (Å²) in [5, 5.41) is 20.1. The van der Waals surface area contributed by atoms with Crippen molar-refractivity contribution in [1.82, 2.24) is 0 Å². The highest BCUT2D eigenvalue weighted by molar-refractivity contribution is 6.21. The van der Waals surface area contributed by atoms with E-state index in [1.165, 1.54) is 7.11 Å². The second-order valence-corrected chi connectivity index (χ2v) is 7.59. The van der Waals surface area contributed by atoms with Crippen molar-refractivity contribution in [3.8, 4) is 0 Å². The van der Waals surface area contributed by atoms with Gasteiger partial charge in [0.1, 0.15) is 0 Å². The van der Waals surface area contributed by atoms with Crippen molar-refractivity contribution < 1.29 is 19.7 Å². The number of benzene rings is 1. The van der Waals surface area contributed by atoms with E-state index >= 15 is 0 Å². The Labute approximate surface area is 160 Å². The highest BCUT2D eigenvalue weighted by atomic mass is 35.5. The molecule has 0 spiro atoms. The van der Waals surface area contributed by atoms with Crippen molar-refractivity contribution in [3.63, 3.8) is 0 Å². The van der Waals surface area contributed by atoms with Gasteiger partial charge in [-0.2, -0.15) is 0 Å². The molecular formula is C21H29ClO4. The van der Waals surface area contributed by atoms with Crippen molar-refractivity contribution in [2.75, 3.05) is 7.11 Å². The summed E-state index contributed by atoms with van der Waals surface area (Å²) in [6, 6.07) is 7.79. The lowest BCUT2D eigenvalue weighted by Gasteiger charge is -2.23. The number of methoxy groups -OCH3 is 1. The SMILES string of the molecule is COC(=O)CCC/C=C\C[C@H]1C(Cl)C[C@@H](O)C1c1ccc(C(C)O)cc1. The Morgan fingerprint density at radius 1 is 1.35 bits per heavy atom. The average Bonchev–Trinajstić information content (AvgIpc) is 2.91. The van der Waals surface area contributed by atoms with Crippen LogP contribution in [0.2, 0.25) is 0 Å². The molecule has 26 heavy (non-hydrogen) atoms. The topological polar surface area (TPSA) is 66.8 Å². The molecule has 1 aliphatic rings. The first-order valence-corrected chi connectivity index (χ1v) is 9.69. The monoisotopic (exact) mass is 380 g/mol. The van der Waals surface area contributed by atoms with Gasteiger partial charge in [0.2, 0.25) is 0 Å². The average molecular weight is 381 g/mol. The minimum absolute atomic E-state index is 0.000248. The summed E-state index contributed by atoms with van der Waals surface area (Å²) in [5.41, 5.74) is 1.93. The molecule has 1 saturated carbocycles. The molecule has 144 valence electrons. The van der Waals surface area contributed by atoms with Crippen LogP contribution in [0.3, 0.4) is 0 Å². The molecule has 3 unspecified atom stereocenters. The molecule has 0 saturated heterocycles. The van der Waals surface area contributed by atoms with Crippen LogP contribution in [0.1, 0.15) is 62.2 Å². The molecule has 0 radical (unpaired) electrons. The van der Waals surface area contributed by atoms with Crippen molar-refractivity contribution in [2.24, 2.45) is 5.92 Å². The van der Waals surface area contributed by atoms with E-state index in [1.807, 2.05) is 24.3 Å². The second-order valence-electron chi connectivity index (χ2n) is 7.03. The van der Waals surface area contributed by atoms with E-state index < -0.39 is 12.2 Å². The molecule has 0 heterocycles. The molecule has 0 bridgehead atoms. The van der Waals surface area contributed by atoms with Gasteiger partial charge in [0, 0.05) is 17.7 Å². The van der Waals surface area contributed by atoms with Gasteiger partial charge in [0.25, 0.3) is 0 Å². The quantitative estimate of drug-likeness (QED) is 0.308. The lowest BCUT2D eigenvalue weighted by Crippen LogP contribution is -2.18. The summed E-state index contributed by atoms with van der Waals surface area (Å²) >= 11 is 6.50. The Hall–Kier alpha value is -1.36. The fourth-order valence-corrected chi connectivity index (χ4v) is 4.10. The summed E-state index contributed by atoms with van der Waals surface area (Å²) < 4.78 is 4.63. The van der Waals surface area contributed by atoms with E-state index in [0.29, 0.717) is 12.8 Å². The summed E-state index contributed by atoms with van der Waals surface area (Å²) in [6.45, 7) is 1.74. The van der Waals surface area contributed by atoms with Gasteiger partial charge in [0.05, 0.1) is 19.3 Å². The lowest BCUT2D eigenvalue weighted by molar-refractivity contribution is -0.140. The Morgan fingerprint density at radius 2 is 2.04 bits per heavy atom. The normalized spacial score (nSPS) is 27.0.